The monoisotopic (exact) mass is 512 g/mol. The third-order valence-corrected chi connectivity index (χ3v) is 8.54. The molecule has 1 aliphatic heterocycles. The van der Waals surface area contributed by atoms with Crippen molar-refractivity contribution in [3.63, 3.8) is 0 Å². The number of carboxylic acids is 1. The number of benzene rings is 2. The van der Waals surface area contributed by atoms with Crippen molar-refractivity contribution < 1.29 is 14.6 Å². The summed E-state index contributed by atoms with van der Waals surface area (Å²) in [5.41, 5.74) is 1.24. The standard InChI is InChI=1S/C28H33ClN2O3S/c1-34-21-10-11-26-24(19-21)23(25(29)20-30-26)9-5-12-28(27(32)33)13-16-31(17-14-28)15-6-18-35-22-7-3-2-4-8-22/h2-4,7-8,10-11,19-20H,5-6,9,12-18H2,1H3,(H,32,33). The van der Waals surface area contributed by atoms with Gasteiger partial charge in [-0.1, -0.05) is 29.8 Å². The maximum Gasteiger partial charge on any atom is 0.309 e. The highest BCUT2D eigenvalue weighted by atomic mass is 35.5. The molecule has 1 saturated heterocycles. The minimum atomic E-state index is -0.663. The molecule has 35 heavy (non-hydrogen) atoms. The van der Waals surface area contributed by atoms with E-state index in [4.69, 9.17) is 16.3 Å². The highest BCUT2D eigenvalue weighted by Gasteiger charge is 2.40. The van der Waals surface area contributed by atoms with Gasteiger partial charge in [0.2, 0.25) is 0 Å². The number of fused-ring (bicyclic) bond motifs is 1. The zero-order valence-electron chi connectivity index (χ0n) is 20.2. The Morgan fingerprint density at radius 1 is 1.17 bits per heavy atom. The molecule has 0 bridgehead atoms. The number of thioether (sulfide) groups is 1. The minimum absolute atomic E-state index is 0.623. The summed E-state index contributed by atoms with van der Waals surface area (Å²) >= 11 is 8.39. The molecular formula is C28H33ClN2O3S. The van der Waals surface area contributed by atoms with Crippen LogP contribution in [0.3, 0.4) is 0 Å². The van der Waals surface area contributed by atoms with Crippen LogP contribution in [0.4, 0.5) is 0 Å². The van der Waals surface area contributed by atoms with E-state index in [0.717, 1.165) is 66.9 Å². The highest BCUT2D eigenvalue weighted by Crippen LogP contribution is 2.38. The Balaban J connectivity index is 1.30. The lowest BCUT2D eigenvalue weighted by molar-refractivity contribution is -0.152. The second kappa shape index (κ2) is 12.1. The summed E-state index contributed by atoms with van der Waals surface area (Å²) in [6, 6.07) is 16.3. The predicted octanol–water partition coefficient (Wildman–Crippen LogP) is 6.57. The molecule has 1 aromatic heterocycles. The Morgan fingerprint density at radius 3 is 2.66 bits per heavy atom. The largest absolute Gasteiger partial charge is 0.497 e. The quantitative estimate of drug-likeness (QED) is 0.231. The topological polar surface area (TPSA) is 62.7 Å². The van der Waals surface area contributed by atoms with E-state index in [2.05, 4.69) is 34.1 Å². The Labute approximate surface area is 216 Å². The maximum absolute atomic E-state index is 12.3. The van der Waals surface area contributed by atoms with Crippen LogP contribution in [-0.2, 0) is 11.2 Å². The average molecular weight is 513 g/mol. The highest BCUT2D eigenvalue weighted by molar-refractivity contribution is 7.99. The molecule has 2 heterocycles. The predicted molar refractivity (Wildman–Crippen MR) is 144 cm³/mol. The van der Waals surface area contributed by atoms with Gasteiger partial charge in [-0.3, -0.25) is 9.78 Å². The average Bonchev–Trinajstić information content (AvgIpc) is 2.89. The van der Waals surface area contributed by atoms with Gasteiger partial charge in [-0.2, -0.15) is 0 Å². The number of methoxy groups -OCH3 is 1. The Kier molecular flexibility index (Phi) is 8.93. The zero-order valence-corrected chi connectivity index (χ0v) is 21.8. The molecule has 1 fully saturated rings. The van der Waals surface area contributed by atoms with Gasteiger partial charge in [0.15, 0.2) is 0 Å². The molecule has 1 aliphatic rings. The SMILES string of the molecule is COc1ccc2ncc(Cl)c(CCCC3(C(=O)O)CCN(CCCSc4ccccc4)CC3)c2c1. The van der Waals surface area contributed by atoms with Gasteiger partial charge >= 0.3 is 5.97 Å². The summed E-state index contributed by atoms with van der Waals surface area (Å²) in [6.45, 7) is 2.72. The number of rotatable bonds is 11. The lowest BCUT2D eigenvalue weighted by atomic mass is 9.74. The molecular weight excluding hydrogens is 480 g/mol. The molecule has 0 spiro atoms. The number of hydrogen-bond acceptors (Lipinski definition) is 5. The van der Waals surface area contributed by atoms with Gasteiger partial charge in [-0.15, -0.1) is 11.8 Å². The Bertz CT molecular complexity index is 1130. The maximum atomic E-state index is 12.3. The fourth-order valence-corrected chi connectivity index (χ4v) is 6.06. The van der Waals surface area contributed by atoms with Crippen molar-refractivity contribution in [3.8, 4) is 5.75 Å². The number of halogens is 1. The van der Waals surface area contributed by atoms with E-state index >= 15 is 0 Å². The molecule has 186 valence electrons. The summed E-state index contributed by atoms with van der Waals surface area (Å²) in [7, 11) is 1.64. The summed E-state index contributed by atoms with van der Waals surface area (Å²) in [4.78, 5) is 20.5. The van der Waals surface area contributed by atoms with Crippen LogP contribution in [0.25, 0.3) is 10.9 Å². The van der Waals surface area contributed by atoms with Crippen LogP contribution in [0.15, 0.2) is 59.6 Å². The van der Waals surface area contributed by atoms with Crippen molar-refractivity contribution in [1.82, 2.24) is 9.88 Å². The van der Waals surface area contributed by atoms with Gasteiger partial charge < -0.3 is 14.7 Å². The third-order valence-electron chi connectivity index (χ3n) is 7.11. The third kappa shape index (κ3) is 6.49. The van der Waals surface area contributed by atoms with E-state index in [9.17, 15) is 9.90 Å². The molecule has 3 aromatic rings. The minimum Gasteiger partial charge on any atom is -0.497 e. The molecule has 7 heteroatoms. The van der Waals surface area contributed by atoms with Gasteiger partial charge in [0.25, 0.3) is 0 Å². The van der Waals surface area contributed by atoms with Crippen molar-refractivity contribution in [2.24, 2.45) is 5.41 Å². The van der Waals surface area contributed by atoms with Crippen LogP contribution in [-0.4, -0.2) is 53.5 Å². The summed E-state index contributed by atoms with van der Waals surface area (Å²) in [6.07, 6.45) is 6.35. The Morgan fingerprint density at radius 2 is 1.94 bits per heavy atom. The fourth-order valence-electron chi connectivity index (χ4n) is 4.96. The van der Waals surface area contributed by atoms with Crippen molar-refractivity contribution in [2.75, 3.05) is 32.5 Å². The van der Waals surface area contributed by atoms with E-state index in [0.29, 0.717) is 24.3 Å². The van der Waals surface area contributed by atoms with Crippen LogP contribution >= 0.6 is 23.4 Å². The molecule has 0 unspecified atom stereocenters. The van der Waals surface area contributed by atoms with Crippen molar-refractivity contribution in [3.05, 3.63) is 65.3 Å². The number of ether oxygens (including phenoxy) is 1. The number of nitrogens with zero attached hydrogens (tertiary/aromatic N) is 2. The van der Waals surface area contributed by atoms with E-state index in [1.807, 2.05) is 36.0 Å². The van der Waals surface area contributed by atoms with Gasteiger partial charge in [-0.25, -0.2) is 0 Å². The number of aliphatic carboxylic acids is 1. The number of aromatic nitrogens is 1. The fraction of sp³-hybridized carbons (Fsp3) is 0.429. The van der Waals surface area contributed by atoms with Crippen molar-refractivity contribution in [2.45, 2.75) is 43.4 Å². The molecule has 0 amide bonds. The molecule has 1 N–H and O–H groups in total. The number of pyridine rings is 1. The van der Waals surface area contributed by atoms with Crippen molar-refractivity contribution >= 4 is 40.2 Å². The zero-order chi connectivity index (χ0) is 24.7. The first kappa shape index (κ1) is 25.8. The number of aryl methyl sites for hydroxylation is 1. The molecule has 0 radical (unpaired) electrons. The van der Waals surface area contributed by atoms with Crippen LogP contribution < -0.4 is 4.74 Å². The second-order valence-corrected chi connectivity index (χ2v) is 10.8. The normalized spacial score (nSPS) is 15.8. The summed E-state index contributed by atoms with van der Waals surface area (Å²) in [5.74, 6) is 1.18. The number of carbonyl (C=O) groups is 1. The van der Waals surface area contributed by atoms with Gasteiger partial charge in [0.1, 0.15) is 5.75 Å². The number of hydrogen-bond donors (Lipinski definition) is 1. The molecule has 4 rings (SSSR count). The molecule has 5 nitrogen and oxygen atoms in total. The summed E-state index contributed by atoms with van der Waals surface area (Å²) in [5, 5.41) is 11.7. The summed E-state index contributed by atoms with van der Waals surface area (Å²) < 4.78 is 5.38. The lowest BCUT2D eigenvalue weighted by Crippen LogP contribution is -2.44. The second-order valence-electron chi connectivity index (χ2n) is 9.26. The number of carboxylic acid groups (broad SMARTS) is 1. The van der Waals surface area contributed by atoms with Gasteiger partial charge in [0.05, 0.1) is 23.1 Å². The van der Waals surface area contributed by atoms with E-state index in [-0.39, 0.29) is 0 Å². The van der Waals surface area contributed by atoms with E-state index < -0.39 is 11.4 Å². The van der Waals surface area contributed by atoms with E-state index in [1.54, 1.807) is 13.3 Å². The van der Waals surface area contributed by atoms with Crippen LogP contribution in [0, 0.1) is 5.41 Å². The number of likely N-dealkylation sites (tertiary alicyclic amines) is 1. The van der Waals surface area contributed by atoms with Gasteiger partial charge in [-0.05, 0) is 99.8 Å². The van der Waals surface area contributed by atoms with Crippen LogP contribution in [0.2, 0.25) is 5.02 Å². The van der Waals surface area contributed by atoms with Crippen LogP contribution in [0.1, 0.15) is 37.7 Å². The molecule has 0 saturated carbocycles. The number of piperidine rings is 1. The smallest absolute Gasteiger partial charge is 0.309 e. The Hall–Kier alpha value is -2.28. The molecule has 0 atom stereocenters. The molecule has 2 aromatic carbocycles. The first-order valence-electron chi connectivity index (χ1n) is 12.3. The van der Waals surface area contributed by atoms with Gasteiger partial charge in [0, 0.05) is 16.5 Å². The first-order chi connectivity index (χ1) is 17.0. The van der Waals surface area contributed by atoms with E-state index in [1.165, 1.54) is 4.90 Å². The van der Waals surface area contributed by atoms with Crippen LogP contribution in [0.5, 0.6) is 5.75 Å². The molecule has 0 aliphatic carbocycles. The van der Waals surface area contributed by atoms with Crippen molar-refractivity contribution in [1.29, 1.82) is 0 Å². The lowest BCUT2D eigenvalue weighted by Gasteiger charge is -2.39. The first-order valence-corrected chi connectivity index (χ1v) is 13.6.